The van der Waals surface area contributed by atoms with Crippen molar-refractivity contribution in [2.45, 2.75) is 13.8 Å². The molecular formula is C10H15ClN4O. The molecule has 1 aromatic rings. The van der Waals surface area contributed by atoms with Gasteiger partial charge < -0.3 is 11.1 Å². The summed E-state index contributed by atoms with van der Waals surface area (Å²) in [7, 11) is 0. The van der Waals surface area contributed by atoms with Crippen LogP contribution in [0.15, 0.2) is 12.3 Å². The third kappa shape index (κ3) is 3.43. The number of carbonyl (C=O) groups excluding carboxylic acids is 1. The number of nitrogens with two attached hydrogens (primary N) is 1. The van der Waals surface area contributed by atoms with Gasteiger partial charge in [-0.25, -0.2) is 9.97 Å². The van der Waals surface area contributed by atoms with E-state index in [9.17, 15) is 4.79 Å². The highest BCUT2D eigenvalue weighted by molar-refractivity contribution is 6.28. The highest BCUT2D eigenvalue weighted by Gasteiger charge is 2.20. The minimum Gasteiger partial charge on any atom is -0.330 e. The fraction of sp³-hybridized carbons (Fsp3) is 0.500. The molecule has 1 atom stereocenters. The van der Waals surface area contributed by atoms with Gasteiger partial charge in [-0.1, -0.05) is 13.8 Å². The van der Waals surface area contributed by atoms with E-state index in [1.54, 1.807) is 6.07 Å². The van der Waals surface area contributed by atoms with E-state index in [4.69, 9.17) is 17.3 Å². The fourth-order valence-corrected chi connectivity index (χ4v) is 1.45. The summed E-state index contributed by atoms with van der Waals surface area (Å²) < 4.78 is 0. The normalized spacial score (nSPS) is 12.6. The van der Waals surface area contributed by atoms with Gasteiger partial charge in [-0.15, -0.1) is 0 Å². The number of nitrogens with one attached hydrogen (secondary N) is 1. The lowest BCUT2D eigenvalue weighted by Crippen LogP contribution is -2.33. The van der Waals surface area contributed by atoms with Gasteiger partial charge in [0.05, 0.1) is 5.92 Å². The Bertz CT molecular complexity index is 370. The van der Waals surface area contributed by atoms with Gasteiger partial charge >= 0.3 is 0 Å². The smallest absolute Gasteiger partial charge is 0.230 e. The lowest BCUT2D eigenvalue weighted by Gasteiger charge is -2.17. The molecule has 0 aliphatic heterocycles. The Kier molecular flexibility index (Phi) is 4.64. The number of hydrogen-bond donors (Lipinski definition) is 2. The standard InChI is InChI=1S/C10H15ClN4O/c1-6(2)7(5-12)9(16)14-8-3-4-13-10(11)15-8/h3-4,6-7H,5,12H2,1-2H3,(H,13,14,15,16). The number of nitrogens with zero attached hydrogens (tertiary/aromatic N) is 2. The molecule has 1 rings (SSSR count). The molecule has 0 aliphatic rings. The zero-order valence-electron chi connectivity index (χ0n) is 9.27. The maximum absolute atomic E-state index is 11.8. The fourth-order valence-electron chi connectivity index (χ4n) is 1.31. The SMILES string of the molecule is CC(C)C(CN)C(=O)Nc1ccnc(Cl)n1. The van der Waals surface area contributed by atoms with E-state index in [0.717, 1.165) is 0 Å². The predicted molar refractivity (Wildman–Crippen MR) is 63.1 cm³/mol. The Morgan fingerprint density at radius 1 is 1.62 bits per heavy atom. The molecule has 1 amide bonds. The van der Waals surface area contributed by atoms with E-state index in [0.29, 0.717) is 12.4 Å². The van der Waals surface area contributed by atoms with Crippen molar-refractivity contribution in [1.82, 2.24) is 9.97 Å². The molecule has 3 N–H and O–H groups in total. The molecule has 0 fully saturated rings. The summed E-state index contributed by atoms with van der Waals surface area (Å²) in [5.41, 5.74) is 5.54. The Morgan fingerprint density at radius 2 is 2.31 bits per heavy atom. The maximum Gasteiger partial charge on any atom is 0.230 e. The second-order valence-electron chi connectivity index (χ2n) is 3.79. The van der Waals surface area contributed by atoms with Crippen LogP contribution in [0, 0.1) is 11.8 Å². The summed E-state index contributed by atoms with van der Waals surface area (Å²) in [5.74, 6) is 0.201. The third-order valence-corrected chi connectivity index (χ3v) is 2.45. The van der Waals surface area contributed by atoms with E-state index in [1.165, 1.54) is 6.20 Å². The van der Waals surface area contributed by atoms with Crippen molar-refractivity contribution in [3.63, 3.8) is 0 Å². The van der Waals surface area contributed by atoms with Gasteiger partial charge in [0.25, 0.3) is 0 Å². The van der Waals surface area contributed by atoms with Crippen LogP contribution in [0.5, 0.6) is 0 Å². The van der Waals surface area contributed by atoms with E-state index in [1.807, 2.05) is 13.8 Å². The molecule has 1 heterocycles. The number of carbonyl (C=O) groups is 1. The molecule has 1 aromatic heterocycles. The molecule has 0 spiro atoms. The van der Waals surface area contributed by atoms with Gasteiger partial charge in [0, 0.05) is 12.7 Å². The minimum atomic E-state index is -0.228. The molecule has 6 heteroatoms. The van der Waals surface area contributed by atoms with Crippen molar-refractivity contribution in [3.05, 3.63) is 17.5 Å². The summed E-state index contributed by atoms with van der Waals surface area (Å²) in [4.78, 5) is 19.4. The first-order chi connectivity index (χ1) is 7.54. The van der Waals surface area contributed by atoms with Gasteiger partial charge in [0.15, 0.2) is 0 Å². The second-order valence-corrected chi connectivity index (χ2v) is 4.12. The summed E-state index contributed by atoms with van der Waals surface area (Å²) in [5, 5.41) is 2.76. The molecular weight excluding hydrogens is 228 g/mol. The molecule has 0 saturated heterocycles. The number of halogens is 1. The monoisotopic (exact) mass is 242 g/mol. The van der Waals surface area contributed by atoms with Gasteiger partial charge in [-0.2, -0.15) is 0 Å². The lowest BCUT2D eigenvalue weighted by atomic mass is 9.95. The number of hydrogen-bond acceptors (Lipinski definition) is 4. The summed E-state index contributed by atoms with van der Waals surface area (Å²) in [6.45, 7) is 4.20. The van der Waals surface area contributed by atoms with Crippen LogP contribution in [0.1, 0.15) is 13.8 Å². The number of anilines is 1. The van der Waals surface area contributed by atoms with Gasteiger partial charge in [0.2, 0.25) is 11.2 Å². The first-order valence-corrected chi connectivity index (χ1v) is 5.42. The topological polar surface area (TPSA) is 80.9 Å². The lowest BCUT2D eigenvalue weighted by molar-refractivity contribution is -0.120. The van der Waals surface area contributed by atoms with Crippen molar-refractivity contribution in [3.8, 4) is 0 Å². The van der Waals surface area contributed by atoms with E-state index in [2.05, 4.69) is 15.3 Å². The summed E-state index contributed by atoms with van der Waals surface area (Å²) >= 11 is 5.61. The Hall–Kier alpha value is -1.20. The van der Waals surface area contributed by atoms with Crippen LogP contribution < -0.4 is 11.1 Å². The predicted octanol–water partition coefficient (Wildman–Crippen LogP) is 1.30. The molecule has 0 radical (unpaired) electrons. The maximum atomic E-state index is 11.8. The van der Waals surface area contributed by atoms with Crippen LogP contribution in [-0.2, 0) is 4.79 Å². The first-order valence-electron chi connectivity index (χ1n) is 5.04. The van der Waals surface area contributed by atoms with Crippen LogP contribution in [0.3, 0.4) is 0 Å². The molecule has 16 heavy (non-hydrogen) atoms. The Morgan fingerprint density at radius 3 is 2.81 bits per heavy atom. The Balaban J connectivity index is 2.70. The first kappa shape index (κ1) is 12.9. The van der Waals surface area contributed by atoms with Crippen molar-refractivity contribution in [2.24, 2.45) is 17.6 Å². The minimum absolute atomic E-state index is 0.103. The molecule has 88 valence electrons. The molecule has 0 aromatic carbocycles. The summed E-state index contributed by atoms with van der Waals surface area (Å²) in [6.07, 6.45) is 1.48. The van der Waals surface area contributed by atoms with Crippen molar-refractivity contribution in [2.75, 3.05) is 11.9 Å². The molecule has 0 aliphatic carbocycles. The average Bonchev–Trinajstić information content (AvgIpc) is 2.17. The Labute approximate surface area is 99.4 Å². The van der Waals surface area contributed by atoms with Crippen LogP contribution >= 0.6 is 11.6 Å². The van der Waals surface area contributed by atoms with Crippen molar-refractivity contribution < 1.29 is 4.79 Å². The molecule has 1 unspecified atom stereocenters. The van der Waals surface area contributed by atoms with Crippen molar-refractivity contribution >= 4 is 23.3 Å². The summed E-state index contributed by atoms with van der Waals surface area (Å²) in [6, 6.07) is 1.58. The third-order valence-electron chi connectivity index (χ3n) is 2.27. The zero-order chi connectivity index (χ0) is 12.1. The second kappa shape index (κ2) is 5.77. The highest BCUT2D eigenvalue weighted by Crippen LogP contribution is 2.13. The van der Waals surface area contributed by atoms with Crippen LogP contribution in [-0.4, -0.2) is 22.4 Å². The number of aromatic nitrogens is 2. The zero-order valence-corrected chi connectivity index (χ0v) is 10.0. The van der Waals surface area contributed by atoms with E-state index in [-0.39, 0.29) is 23.0 Å². The van der Waals surface area contributed by atoms with E-state index >= 15 is 0 Å². The van der Waals surface area contributed by atoms with Gasteiger partial charge in [-0.05, 0) is 23.6 Å². The van der Waals surface area contributed by atoms with Crippen LogP contribution in [0.4, 0.5) is 5.82 Å². The number of rotatable bonds is 4. The van der Waals surface area contributed by atoms with Crippen LogP contribution in [0.2, 0.25) is 5.28 Å². The van der Waals surface area contributed by atoms with Gasteiger partial charge in [0.1, 0.15) is 5.82 Å². The molecule has 0 saturated carbocycles. The van der Waals surface area contributed by atoms with Crippen molar-refractivity contribution in [1.29, 1.82) is 0 Å². The largest absolute Gasteiger partial charge is 0.330 e. The van der Waals surface area contributed by atoms with E-state index < -0.39 is 0 Å². The average molecular weight is 243 g/mol. The highest BCUT2D eigenvalue weighted by atomic mass is 35.5. The molecule has 5 nitrogen and oxygen atoms in total. The van der Waals surface area contributed by atoms with Crippen LogP contribution in [0.25, 0.3) is 0 Å². The quantitative estimate of drug-likeness (QED) is 0.780. The molecule has 0 bridgehead atoms. The number of amides is 1. The van der Waals surface area contributed by atoms with Gasteiger partial charge in [-0.3, -0.25) is 4.79 Å².